The predicted molar refractivity (Wildman–Crippen MR) is 44.4 cm³/mol. The second-order valence-corrected chi connectivity index (χ2v) is 2.79. The summed E-state index contributed by atoms with van der Waals surface area (Å²) in [7, 11) is 0.0279. The molecule has 0 atom stereocenters. The van der Waals surface area contributed by atoms with Crippen molar-refractivity contribution in [3.8, 4) is 0 Å². The Hall–Kier alpha value is -1.28. The highest BCUT2D eigenvalue weighted by atomic mass is 31.1. The molecule has 0 aliphatic rings. The van der Waals surface area contributed by atoms with E-state index in [1.54, 1.807) is 12.1 Å². The molecule has 0 aromatic heterocycles. The minimum absolute atomic E-state index is 0.0279. The molecule has 0 saturated carbocycles. The second kappa shape index (κ2) is 3.93. The van der Waals surface area contributed by atoms with E-state index in [-0.39, 0.29) is 14.1 Å². The molecule has 0 bridgehead atoms. The van der Waals surface area contributed by atoms with Crippen LogP contribution in [0.2, 0.25) is 0 Å². The van der Waals surface area contributed by atoms with E-state index in [0.717, 1.165) is 5.56 Å². The summed E-state index contributed by atoms with van der Waals surface area (Å²) in [5, 5.41) is 10.2. The number of rotatable bonds is 3. The van der Waals surface area contributed by atoms with E-state index in [2.05, 4.69) is 0 Å². The van der Waals surface area contributed by atoms with Gasteiger partial charge in [0, 0.05) is 12.1 Å². The van der Waals surface area contributed by atoms with Crippen LogP contribution >= 0.6 is 8.46 Å². The summed E-state index contributed by atoms with van der Waals surface area (Å²) < 4.78 is 10.2. The van der Waals surface area contributed by atoms with Crippen LogP contribution in [0.4, 0.5) is 5.69 Å². The number of nitro benzene ring substituents is 1. The van der Waals surface area contributed by atoms with Crippen LogP contribution in [-0.2, 0) is 10.7 Å². The Bertz CT molecular complexity index is 296. The maximum absolute atomic E-state index is 10.2. The lowest BCUT2D eigenvalue weighted by molar-refractivity contribution is -0.384. The van der Waals surface area contributed by atoms with Crippen molar-refractivity contribution >= 4 is 14.1 Å². The lowest BCUT2D eigenvalue weighted by Crippen LogP contribution is -1.87. The summed E-state index contributed by atoms with van der Waals surface area (Å²) in [4.78, 5) is 9.75. The van der Waals surface area contributed by atoms with Gasteiger partial charge >= 0.3 is 0 Å². The van der Waals surface area contributed by atoms with Crippen molar-refractivity contribution in [1.29, 1.82) is 0 Å². The molecule has 0 saturated heterocycles. The molecule has 0 N–H and O–H groups in total. The minimum atomic E-state index is -0.460. The van der Waals surface area contributed by atoms with E-state index in [9.17, 15) is 14.7 Å². The fourth-order valence-corrected chi connectivity index (χ4v) is 1.16. The molecule has 0 aliphatic carbocycles. The first kappa shape index (κ1) is 8.81. The standard InChI is InChI=1S/C7H6NO3P/c9-8(10)7-3-1-6(2-4-7)5-12-11/h1-4H,5H2. The summed E-state index contributed by atoms with van der Waals surface area (Å²) in [5.74, 6) is 0. The molecule has 0 unspecified atom stereocenters. The topological polar surface area (TPSA) is 60.2 Å². The quantitative estimate of drug-likeness (QED) is 0.410. The Kier molecular flexibility index (Phi) is 2.88. The van der Waals surface area contributed by atoms with Gasteiger partial charge in [-0.3, -0.25) is 14.7 Å². The van der Waals surface area contributed by atoms with Crippen molar-refractivity contribution < 1.29 is 9.49 Å². The van der Waals surface area contributed by atoms with E-state index in [1.807, 2.05) is 0 Å². The summed E-state index contributed by atoms with van der Waals surface area (Å²) in [6.07, 6.45) is 0.401. The molecular formula is C7H6NO3P. The van der Waals surface area contributed by atoms with Crippen molar-refractivity contribution in [2.45, 2.75) is 6.16 Å². The molecule has 0 spiro atoms. The second-order valence-electron chi connectivity index (χ2n) is 2.21. The SMILES string of the molecule is O=PCc1ccc([N+](=O)[O-])cc1. The first-order valence-electron chi connectivity index (χ1n) is 3.26. The third-order valence-corrected chi connectivity index (χ3v) is 1.89. The van der Waals surface area contributed by atoms with Gasteiger partial charge in [-0.1, -0.05) is 12.1 Å². The molecule has 0 aliphatic heterocycles. The van der Waals surface area contributed by atoms with Gasteiger partial charge in [-0.2, -0.15) is 0 Å². The summed E-state index contributed by atoms with van der Waals surface area (Å²) in [6, 6.07) is 6.01. The van der Waals surface area contributed by atoms with Gasteiger partial charge in [0.2, 0.25) is 0 Å². The van der Waals surface area contributed by atoms with Crippen LogP contribution in [0.25, 0.3) is 0 Å². The van der Waals surface area contributed by atoms with Crippen LogP contribution < -0.4 is 0 Å². The van der Waals surface area contributed by atoms with Crippen LogP contribution in [0.15, 0.2) is 24.3 Å². The molecule has 62 valence electrons. The molecule has 4 nitrogen and oxygen atoms in total. The zero-order chi connectivity index (χ0) is 8.97. The number of nitro groups is 1. The highest BCUT2D eigenvalue weighted by molar-refractivity contribution is 7.22. The number of nitrogens with zero attached hydrogens (tertiary/aromatic N) is 1. The molecule has 0 radical (unpaired) electrons. The Morgan fingerprint density at radius 1 is 1.33 bits per heavy atom. The summed E-state index contributed by atoms with van der Waals surface area (Å²) in [5.41, 5.74) is 0.888. The first-order valence-corrected chi connectivity index (χ1v) is 4.26. The van der Waals surface area contributed by atoms with E-state index < -0.39 is 4.92 Å². The minimum Gasteiger partial charge on any atom is -0.275 e. The number of hydrogen-bond donors (Lipinski definition) is 0. The highest BCUT2D eigenvalue weighted by Gasteiger charge is 2.02. The average molecular weight is 183 g/mol. The monoisotopic (exact) mass is 183 g/mol. The molecule has 0 heterocycles. The van der Waals surface area contributed by atoms with E-state index in [4.69, 9.17) is 0 Å². The van der Waals surface area contributed by atoms with Gasteiger partial charge < -0.3 is 0 Å². The third-order valence-electron chi connectivity index (χ3n) is 1.39. The van der Waals surface area contributed by atoms with Crippen molar-refractivity contribution in [3.63, 3.8) is 0 Å². The Labute approximate surface area is 70.6 Å². The smallest absolute Gasteiger partial charge is 0.269 e. The van der Waals surface area contributed by atoms with Gasteiger partial charge in [-0.25, -0.2) is 0 Å². The maximum Gasteiger partial charge on any atom is 0.269 e. The molecule has 5 heteroatoms. The number of non-ortho nitro benzene ring substituents is 1. The summed E-state index contributed by atoms with van der Waals surface area (Å²) in [6.45, 7) is 0. The van der Waals surface area contributed by atoms with Gasteiger partial charge in [-0.15, -0.1) is 0 Å². The Morgan fingerprint density at radius 2 is 1.92 bits per heavy atom. The maximum atomic E-state index is 10.2. The Morgan fingerprint density at radius 3 is 2.33 bits per heavy atom. The van der Waals surface area contributed by atoms with Crippen LogP contribution in [-0.4, -0.2) is 4.92 Å². The fourth-order valence-electron chi connectivity index (χ4n) is 0.798. The number of benzene rings is 1. The van der Waals surface area contributed by atoms with Gasteiger partial charge in [0.15, 0.2) is 8.46 Å². The van der Waals surface area contributed by atoms with Crippen LogP contribution in [0.5, 0.6) is 0 Å². The van der Waals surface area contributed by atoms with Crippen molar-refractivity contribution in [3.05, 3.63) is 39.9 Å². The summed E-state index contributed by atoms with van der Waals surface area (Å²) >= 11 is 0. The predicted octanol–water partition coefficient (Wildman–Crippen LogP) is 2.39. The largest absolute Gasteiger partial charge is 0.275 e. The zero-order valence-electron chi connectivity index (χ0n) is 6.14. The lowest BCUT2D eigenvalue weighted by Gasteiger charge is -1.92. The van der Waals surface area contributed by atoms with Crippen LogP contribution in [0, 0.1) is 10.1 Å². The van der Waals surface area contributed by atoms with Crippen molar-refractivity contribution in [2.75, 3.05) is 0 Å². The zero-order valence-corrected chi connectivity index (χ0v) is 7.03. The van der Waals surface area contributed by atoms with Gasteiger partial charge in [0.25, 0.3) is 5.69 Å². The van der Waals surface area contributed by atoms with E-state index >= 15 is 0 Å². The first-order chi connectivity index (χ1) is 5.74. The van der Waals surface area contributed by atoms with E-state index in [1.165, 1.54) is 12.1 Å². The molecule has 0 fully saturated rings. The molecular weight excluding hydrogens is 177 g/mol. The molecule has 1 rings (SSSR count). The molecule has 12 heavy (non-hydrogen) atoms. The normalized spacial score (nSPS) is 10.0. The van der Waals surface area contributed by atoms with Crippen LogP contribution in [0.3, 0.4) is 0 Å². The van der Waals surface area contributed by atoms with Gasteiger partial charge in [0.1, 0.15) is 0 Å². The lowest BCUT2D eigenvalue weighted by atomic mass is 10.2. The van der Waals surface area contributed by atoms with E-state index in [0.29, 0.717) is 6.16 Å². The molecule has 1 aromatic carbocycles. The highest BCUT2D eigenvalue weighted by Crippen LogP contribution is 2.14. The van der Waals surface area contributed by atoms with Gasteiger partial charge in [0.05, 0.1) is 11.1 Å². The number of hydrogen-bond acceptors (Lipinski definition) is 3. The molecule has 0 amide bonds. The average Bonchev–Trinajstić information content (AvgIpc) is 2.06. The Balaban J connectivity index is 2.85. The van der Waals surface area contributed by atoms with Crippen LogP contribution in [0.1, 0.15) is 5.56 Å². The van der Waals surface area contributed by atoms with Crippen molar-refractivity contribution in [1.82, 2.24) is 0 Å². The van der Waals surface area contributed by atoms with Gasteiger partial charge in [-0.05, 0) is 5.56 Å². The third kappa shape index (κ3) is 2.10. The molecule has 1 aromatic rings. The fraction of sp³-hybridized carbons (Fsp3) is 0.143. The van der Waals surface area contributed by atoms with Crippen molar-refractivity contribution in [2.24, 2.45) is 0 Å².